The number of pyridine rings is 1. The molecule has 5 heteroatoms. The molecule has 2 heterocycles. The first-order chi connectivity index (χ1) is 9.00. The van der Waals surface area contributed by atoms with Crippen LogP contribution in [-0.4, -0.2) is 15.6 Å². The summed E-state index contributed by atoms with van der Waals surface area (Å²) in [5.74, 6) is -0.831. The molecule has 2 aromatic heterocycles. The summed E-state index contributed by atoms with van der Waals surface area (Å²) in [6.45, 7) is 4.04. The summed E-state index contributed by atoms with van der Waals surface area (Å²) in [6, 6.07) is 6.42. The lowest BCUT2D eigenvalue weighted by Gasteiger charge is -2.22. The highest BCUT2D eigenvalue weighted by Gasteiger charge is 2.20. The Kier molecular flexibility index (Phi) is 3.85. The van der Waals surface area contributed by atoms with E-state index in [4.69, 9.17) is 5.11 Å². The number of rotatable bonds is 4. The van der Waals surface area contributed by atoms with Crippen molar-refractivity contribution >= 4 is 17.3 Å². The number of aromatic nitrogens is 1. The first kappa shape index (κ1) is 13.5. The van der Waals surface area contributed by atoms with Gasteiger partial charge in [-0.1, -0.05) is 19.9 Å². The van der Waals surface area contributed by atoms with Crippen LogP contribution in [0.2, 0.25) is 0 Å². The van der Waals surface area contributed by atoms with Gasteiger partial charge in [0.25, 0.3) is 5.56 Å². The topological polar surface area (TPSA) is 59.3 Å². The quantitative estimate of drug-likeness (QED) is 0.934. The van der Waals surface area contributed by atoms with Crippen LogP contribution in [0.4, 0.5) is 0 Å². The summed E-state index contributed by atoms with van der Waals surface area (Å²) in [5, 5.41) is 11.0. The minimum atomic E-state index is -1.03. The molecule has 0 saturated carbocycles. The third-order valence-electron chi connectivity index (χ3n) is 2.95. The highest BCUT2D eigenvalue weighted by molar-refractivity contribution is 7.10. The molecule has 0 radical (unpaired) electrons. The molecule has 1 N–H and O–H groups in total. The van der Waals surface area contributed by atoms with Crippen LogP contribution in [0, 0.1) is 5.92 Å². The molecule has 1 unspecified atom stereocenters. The fourth-order valence-electron chi connectivity index (χ4n) is 2.09. The molecule has 100 valence electrons. The van der Waals surface area contributed by atoms with Gasteiger partial charge in [-0.25, -0.2) is 4.79 Å². The molecule has 1 atom stereocenters. The molecule has 0 saturated heterocycles. The summed E-state index contributed by atoms with van der Waals surface area (Å²) in [4.78, 5) is 24.1. The number of carbonyl (C=O) groups is 1. The minimum Gasteiger partial charge on any atom is -0.478 e. The van der Waals surface area contributed by atoms with Crippen LogP contribution >= 0.6 is 11.3 Å². The number of aromatic carboxylic acids is 1. The molecule has 2 rings (SSSR count). The Labute approximate surface area is 115 Å². The van der Waals surface area contributed by atoms with E-state index in [1.165, 1.54) is 22.9 Å². The summed E-state index contributed by atoms with van der Waals surface area (Å²) in [7, 11) is 0. The van der Waals surface area contributed by atoms with Crippen molar-refractivity contribution in [3.05, 3.63) is 56.6 Å². The van der Waals surface area contributed by atoms with Gasteiger partial charge in [-0.3, -0.25) is 4.79 Å². The Balaban J connectivity index is 2.57. The minimum absolute atomic E-state index is 0.127. The smallest absolute Gasteiger partial charge is 0.337 e. The van der Waals surface area contributed by atoms with Crippen molar-refractivity contribution in [2.24, 2.45) is 5.92 Å². The molecule has 19 heavy (non-hydrogen) atoms. The van der Waals surface area contributed by atoms with Crippen molar-refractivity contribution in [1.82, 2.24) is 4.57 Å². The van der Waals surface area contributed by atoms with Crippen molar-refractivity contribution in [3.8, 4) is 0 Å². The highest BCUT2D eigenvalue weighted by Crippen LogP contribution is 2.28. The average Bonchev–Trinajstić information content (AvgIpc) is 2.84. The Hall–Kier alpha value is -1.88. The van der Waals surface area contributed by atoms with E-state index in [1.54, 1.807) is 11.3 Å². The number of nitrogens with zero attached hydrogens (tertiary/aromatic N) is 1. The van der Waals surface area contributed by atoms with Gasteiger partial charge in [0.15, 0.2) is 0 Å². The van der Waals surface area contributed by atoms with Crippen LogP contribution in [0.5, 0.6) is 0 Å². The largest absolute Gasteiger partial charge is 0.478 e. The number of carboxylic acid groups (broad SMARTS) is 1. The molecule has 0 aliphatic heterocycles. The van der Waals surface area contributed by atoms with Gasteiger partial charge in [0.05, 0.1) is 11.6 Å². The molecule has 4 nitrogen and oxygen atoms in total. The van der Waals surface area contributed by atoms with Gasteiger partial charge in [-0.15, -0.1) is 11.3 Å². The Morgan fingerprint density at radius 2 is 2.05 bits per heavy atom. The van der Waals surface area contributed by atoms with E-state index in [2.05, 4.69) is 0 Å². The second kappa shape index (κ2) is 5.40. The summed E-state index contributed by atoms with van der Waals surface area (Å²) in [5.41, 5.74) is -0.0566. The van der Waals surface area contributed by atoms with Crippen molar-refractivity contribution in [2.45, 2.75) is 19.9 Å². The second-order valence-corrected chi connectivity index (χ2v) is 5.65. The van der Waals surface area contributed by atoms with E-state index in [9.17, 15) is 9.59 Å². The highest BCUT2D eigenvalue weighted by atomic mass is 32.1. The van der Waals surface area contributed by atoms with E-state index < -0.39 is 5.97 Å². The first-order valence-electron chi connectivity index (χ1n) is 5.99. The van der Waals surface area contributed by atoms with Gasteiger partial charge in [-0.2, -0.15) is 0 Å². The molecule has 0 aromatic carbocycles. The Morgan fingerprint density at radius 3 is 2.58 bits per heavy atom. The Morgan fingerprint density at radius 1 is 1.32 bits per heavy atom. The van der Waals surface area contributed by atoms with Crippen molar-refractivity contribution in [2.75, 3.05) is 0 Å². The van der Waals surface area contributed by atoms with Gasteiger partial charge in [-0.05, 0) is 23.4 Å². The summed E-state index contributed by atoms with van der Waals surface area (Å²) in [6.07, 6.45) is 1.43. The molecule has 2 aromatic rings. The average molecular weight is 277 g/mol. The van der Waals surface area contributed by atoms with E-state index in [1.807, 2.05) is 31.4 Å². The fraction of sp³-hybridized carbons (Fsp3) is 0.286. The molecule has 0 amide bonds. The summed E-state index contributed by atoms with van der Waals surface area (Å²) >= 11 is 1.57. The van der Waals surface area contributed by atoms with Crippen LogP contribution in [0.15, 0.2) is 40.6 Å². The third-order valence-corrected chi connectivity index (χ3v) is 3.89. The van der Waals surface area contributed by atoms with Gasteiger partial charge >= 0.3 is 5.97 Å². The van der Waals surface area contributed by atoms with Crippen LogP contribution in [0.1, 0.15) is 35.1 Å². The Bertz CT molecular complexity index is 628. The first-order valence-corrected chi connectivity index (χ1v) is 6.87. The lowest BCUT2D eigenvalue weighted by atomic mass is 10.0. The zero-order chi connectivity index (χ0) is 14.0. The van der Waals surface area contributed by atoms with Gasteiger partial charge in [0, 0.05) is 17.1 Å². The SMILES string of the molecule is CC(C)C(c1cccs1)n1cc(C(=O)O)ccc1=O. The van der Waals surface area contributed by atoms with Gasteiger partial charge in [0.2, 0.25) is 0 Å². The van der Waals surface area contributed by atoms with Crippen molar-refractivity contribution in [3.63, 3.8) is 0 Å². The van der Waals surface area contributed by atoms with Gasteiger partial charge < -0.3 is 9.67 Å². The lowest BCUT2D eigenvalue weighted by Crippen LogP contribution is -2.28. The predicted octanol–water partition coefficient (Wildman–Crippen LogP) is 2.85. The number of carboxylic acids is 1. The van der Waals surface area contributed by atoms with Crippen molar-refractivity contribution < 1.29 is 9.90 Å². The van der Waals surface area contributed by atoms with Crippen LogP contribution < -0.4 is 5.56 Å². The van der Waals surface area contributed by atoms with Crippen LogP contribution in [0.3, 0.4) is 0 Å². The fourth-order valence-corrected chi connectivity index (χ4v) is 3.09. The summed E-state index contributed by atoms with van der Waals surface area (Å²) < 4.78 is 1.51. The molecule has 0 aliphatic carbocycles. The molecule has 0 fully saturated rings. The maximum absolute atomic E-state index is 12.0. The third kappa shape index (κ3) is 2.76. The molecular weight excluding hydrogens is 262 g/mol. The molecule has 0 spiro atoms. The van der Waals surface area contributed by atoms with E-state index in [0.717, 1.165) is 4.88 Å². The van der Waals surface area contributed by atoms with Gasteiger partial charge in [0.1, 0.15) is 0 Å². The number of thiophene rings is 1. The maximum atomic E-state index is 12.0. The molecule has 0 bridgehead atoms. The monoisotopic (exact) mass is 277 g/mol. The zero-order valence-electron chi connectivity index (χ0n) is 10.7. The van der Waals surface area contributed by atoms with E-state index >= 15 is 0 Å². The normalized spacial score (nSPS) is 12.6. The second-order valence-electron chi connectivity index (χ2n) is 4.67. The lowest BCUT2D eigenvalue weighted by molar-refractivity contribution is 0.0695. The van der Waals surface area contributed by atoms with E-state index in [0.29, 0.717) is 0 Å². The predicted molar refractivity (Wildman–Crippen MR) is 75.0 cm³/mol. The standard InChI is InChI=1S/C14H15NO3S/c1-9(2)13(11-4-3-7-19-11)15-8-10(14(17)18)5-6-12(15)16/h3-9,13H,1-2H3,(H,17,18). The van der Waals surface area contributed by atoms with Crippen LogP contribution in [-0.2, 0) is 0 Å². The van der Waals surface area contributed by atoms with Crippen LogP contribution in [0.25, 0.3) is 0 Å². The molecular formula is C14H15NO3S. The zero-order valence-corrected chi connectivity index (χ0v) is 11.6. The molecule has 0 aliphatic rings. The number of hydrogen-bond acceptors (Lipinski definition) is 3. The van der Waals surface area contributed by atoms with Crippen molar-refractivity contribution in [1.29, 1.82) is 0 Å². The van der Waals surface area contributed by atoms with E-state index in [-0.39, 0.29) is 23.1 Å². The number of hydrogen-bond donors (Lipinski definition) is 1. The maximum Gasteiger partial charge on any atom is 0.337 e.